The summed E-state index contributed by atoms with van der Waals surface area (Å²) < 4.78 is 5.15. The second kappa shape index (κ2) is 26.3. The number of hydrogen-bond donors (Lipinski definition) is 4. The molecule has 0 fully saturated rings. The van der Waals surface area contributed by atoms with E-state index in [2.05, 4.69) is 37.4 Å². The monoisotopic (exact) mass is 556 g/mol. The molecule has 3 atom stereocenters. The molecule has 1 rings (SSSR count). The van der Waals surface area contributed by atoms with Crippen LogP contribution in [0.5, 0.6) is 0 Å². The first-order valence-corrected chi connectivity index (χ1v) is 13.1. The third kappa shape index (κ3) is 21.3. The average molecular weight is 557 g/mol. The molecule has 0 heterocycles. The van der Waals surface area contributed by atoms with E-state index < -0.39 is 30.1 Å². The number of allylic oxidation sites excluding steroid dienone is 4. The number of aliphatic hydroxyl groups is 1. The quantitative estimate of drug-likeness (QED) is 0.150. The van der Waals surface area contributed by atoms with Gasteiger partial charge in [0.1, 0.15) is 12.3 Å². The Morgan fingerprint density at radius 3 is 1.97 bits per heavy atom. The van der Waals surface area contributed by atoms with Crippen molar-refractivity contribution < 1.29 is 44.0 Å². The molecule has 0 saturated heterocycles. The molecule has 0 aromatic heterocycles. The van der Waals surface area contributed by atoms with Crippen molar-refractivity contribution in [1.82, 2.24) is 10.2 Å². The third-order valence-electron chi connectivity index (χ3n) is 4.98. The molecular weight excluding hydrogens is 508 g/mol. The molecule has 4 N–H and O–H groups in total. The van der Waals surface area contributed by atoms with E-state index in [1.807, 2.05) is 6.92 Å². The summed E-state index contributed by atoms with van der Waals surface area (Å²) in [6, 6.07) is -1.60. The number of carboxylic acid groups (broad SMARTS) is 2. The maximum Gasteiger partial charge on any atom is 0.328 e. The Labute approximate surface area is 232 Å². The van der Waals surface area contributed by atoms with Crippen molar-refractivity contribution in [1.29, 1.82) is 0 Å². The van der Waals surface area contributed by atoms with Crippen LogP contribution in [-0.4, -0.2) is 89.2 Å². The van der Waals surface area contributed by atoms with E-state index in [1.165, 1.54) is 16.9 Å². The molecule has 0 radical (unpaired) electrons. The first kappa shape index (κ1) is 40.2. The number of likely N-dealkylation sites (N-methyl/N-ethyl adjacent to an activating group) is 1. The van der Waals surface area contributed by atoms with Crippen LogP contribution in [0.2, 0.25) is 0 Å². The lowest BCUT2D eigenvalue weighted by Gasteiger charge is -2.28. The standard InChI is InChI=1S/C20H32N2O4.C4H4O4.C3H8.CH4O/c1-5-17(14-23)22(4)19(24)15(3)21-18(20(25)26-6-2)13-12-16-10-8-7-9-11-16;5-3(6)1-2-4(7)8;1-3-2;1-2/h8,10-11,14-15,17-18,21H,5-7,9,12-13H2,1-4H3;1-2H,(H,5,6)(H,7,8);3H2,1-2H3;2H,1H3/b;2-1-;;/t15-,17-,18-;;;/m0.../s1. The molecule has 0 unspecified atom stereocenters. The number of aldehydes is 1. The van der Waals surface area contributed by atoms with Crippen LogP contribution in [0.3, 0.4) is 0 Å². The van der Waals surface area contributed by atoms with Gasteiger partial charge in [-0.3, -0.25) is 14.9 Å². The van der Waals surface area contributed by atoms with Gasteiger partial charge in [0, 0.05) is 26.3 Å². The predicted molar refractivity (Wildman–Crippen MR) is 150 cm³/mol. The fraction of sp³-hybridized carbons (Fsp3) is 0.607. The molecule has 0 saturated carbocycles. The molecule has 1 amide bonds. The van der Waals surface area contributed by atoms with Crippen LogP contribution in [-0.2, 0) is 28.7 Å². The fourth-order valence-electron chi connectivity index (χ4n) is 3.12. The van der Waals surface area contributed by atoms with Crippen LogP contribution in [0.4, 0.5) is 0 Å². The average Bonchev–Trinajstić information content (AvgIpc) is 2.92. The normalized spacial score (nSPS) is 13.9. The first-order chi connectivity index (χ1) is 18.5. The number of ether oxygens (including phenoxy) is 1. The maximum atomic E-state index is 12.6. The van der Waals surface area contributed by atoms with Gasteiger partial charge in [0.2, 0.25) is 5.91 Å². The molecule has 224 valence electrons. The summed E-state index contributed by atoms with van der Waals surface area (Å²) in [5.41, 5.74) is 1.20. The molecule has 0 bridgehead atoms. The number of carboxylic acids is 2. The van der Waals surface area contributed by atoms with Crippen LogP contribution in [0.15, 0.2) is 36.0 Å². The molecule has 1 aliphatic rings. The number of esters is 1. The Hall–Kier alpha value is -3.31. The lowest BCUT2D eigenvalue weighted by molar-refractivity contribution is -0.147. The van der Waals surface area contributed by atoms with Crippen molar-refractivity contribution in [2.75, 3.05) is 20.8 Å². The number of carbonyl (C=O) groups excluding carboxylic acids is 3. The lowest BCUT2D eigenvalue weighted by atomic mass is 9.99. The summed E-state index contributed by atoms with van der Waals surface area (Å²) in [6.07, 6.45) is 13.5. The van der Waals surface area contributed by atoms with Crippen molar-refractivity contribution in [3.8, 4) is 0 Å². The molecule has 39 heavy (non-hydrogen) atoms. The highest BCUT2D eigenvalue weighted by molar-refractivity contribution is 5.89. The van der Waals surface area contributed by atoms with Gasteiger partial charge in [0.05, 0.1) is 18.7 Å². The van der Waals surface area contributed by atoms with Crippen molar-refractivity contribution in [3.63, 3.8) is 0 Å². The molecule has 0 spiro atoms. The van der Waals surface area contributed by atoms with Gasteiger partial charge < -0.3 is 29.8 Å². The summed E-state index contributed by atoms with van der Waals surface area (Å²) in [4.78, 5) is 56.5. The number of hydrogen-bond acceptors (Lipinski definition) is 8. The van der Waals surface area contributed by atoms with Crippen molar-refractivity contribution >= 4 is 30.1 Å². The Bertz CT molecular complexity index is 791. The molecule has 11 heteroatoms. The molecule has 11 nitrogen and oxygen atoms in total. The summed E-state index contributed by atoms with van der Waals surface area (Å²) in [6.45, 7) is 9.88. The van der Waals surface area contributed by atoms with E-state index in [0.717, 1.165) is 32.7 Å². The summed E-state index contributed by atoms with van der Waals surface area (Å²) in [5, 5.41) is 25.7. The Morgan fingerprint density at radius 2 is 1.59 bits per heavy atom. The predicted octanol–water partition coefficient (Wildman–Crippen LogP) is 3.13. The number of carbonyl (C=O) groups is 5. The minimum Gasteiger partial charge on any atom is -0.478 e. The van der Waals surface area contributed by atoms with Crippen LogP contribution >= 0.6 is 0 Å². The summed E-state index contributed by atoms with van der Waals surface area (Å²) >= 11 is 0. The topological polar surface area (TPSA) is 171 Å². The number of nitrogens with zero attached hydrogens (tertiary/aromatic N) is 1. The molecule has 0 aromatic carbocycles. The van der Waals surface area contributed by atoms with E-state index in [1.54, 1.807) is 20.9 Å². The van der Waals surface area contributed by atoms with Crippen molar-refractivity contribution in [2.45, 2.75) is 91.3 Å². The number of nitrogens with one attached hydrogen (secondary N) is 1. The van der Waals surface area contributed by atoms with Gasteiger partial charge >= 0.3 is 17.9 Å². The minimum absolute atomic E-state index is 0.213. The number of aliphatic hydroxyl groups excluding tert-OH is 1. The number of rotatable bonds is 13. The zero-order valence-corrected chi connectivity index (χ0v) is 24.4. The summed E-state index contributed by atoms with van der Waals surface area (Å²) in [5.74, 6) is -3.08. The smallest absolute Gasteiger partial charge is 0.328 e. The Balaban J connectivity index is -0.000000831. The number of amides is 1. The van der Waals surface area contributed by atoms with E-state index >= 15 is 0 Å². The molecule has 0 aromatic rings. The van der Waals surface area contributed by atoms with E-state index in [0.29, 0.717) is 31.6 Å². The van der Waals surface area contributed by atoms with Gasteiger partial charge in [-0.05, 0) is 46.0 Å². The first-order valence-electron chi connectivity index (χ1n) is 13.1. The highest BCUT2D eigenvalue weighted by atomic mass is 16.5. The van der Waals surface area contributed by atoms with E-state index in [9.17, 15) is 24.0 Å². The molecule has 1 aliphatic carbocycles. The van der Waals surface area contributed by atoms with Crippen molar-refractivity contribution in [3.05, 3.63) is 36.0 Å². The van der Waals surface area contributed by atoms with Gasteiger partial charge in [-0.2, -0.15) is 0 Å². The van der Waals surface area contributed by atoms with Crippen LogP contribution in [0.25, 0.3) is 0 Å². The SMILES string of the molecule is CCC.CCOC(=O)[C@H](CCC1=CCCC=C1)N[C@@H](C)C(=O)N(C)[C@H](C=O)CC.CO.O=C(O)/C=C\C(=O)O. The van der Waals surface area contributed by atoms with Crippen LogP contribution < -0.4 is 5.32 Å². The second-order valence-corrected chi connectivity index (χ2v) is 8.27. The number of aliphatic carboxylic acids is 2. The zero-order valence-electron chi connectivity index (χ0n) is 24.4. The van der Waals surface area contributed by atoms with Crippen molar-refractivity contribution in [2.24, 2.45) is 0 Å². The van der Waals surface area contributed by atoms with E-state index in [4.69, 9.17) is 20.1 Å². The van der Waals surface area contributed by atoms with Gasteiger partial charge in [-0.25, -0.2) is 9.59 Å². The highest BCUT2D eigenvalue weighted by Gasteiger charge is 2.28. The largest absolute Gasteiger partial charge is 0.478 e. The lowest BCUT2D eigenvalue weighted by Crippen LogP contribution is -2.52. The zero-order chi connectivity index (χ0) is 30.8. The van der Waals surface area contributed by atoms with Gasteiger partial charge in [-0.15, -0.1) is 0 Å². The minimum atomic E-state index is -1.26. The third-order valence-corrected chi connectivity index (χ3v) is 4.98. The van der Waals surface area contributed by atoms with E-state index in [-0.39, 0.29) is 11.9 Å². The van der Waals surface area contributed by atoms with Gasteiger partial charge in [-0.1, -0.05) is 51.0 Å². The molecule has 0 aliphatic heterocycles. The molecular formula is C28H48N2O9. The van der Waals surface area contributed by atoms with Crippen LogP contribution in [0.1, 0.15) is 73.1 Å². The maximum absolute atomic E-state index is 12.6. The summed E-state index contributed by atoms with van der Waals surface area (Å²) in [7, 11) is 2.61. The van der Waals surface area contributed by atoms with Gasteiger partial charge in [0.15, 0.2) is 0 Å². The highest BCUT2D eigenvalue weighted by Crippen LogP contribution is 2.17. The van der Waals surface area contributed by atoms with Gasteiger partial charge in [0.25, 0.3) is 0 Å². The second-order valence-electron chi connectivity index (χ2n) is 8.27. The Kier molecular flexibility index (Phi) is 27.1. The Morgan fingerprint density at radius 1 is 1.05 bits per heavy atom. The fourth-order valence-corrected chi connectivity index (χ4v) is 3.12. The van der Waals surface area contributed by atoms with Crippen LogP contribution in [0, 0.1) is 0 Å².